The number of aliphatic hydroxyl groups is 1. The predicted octanol–water partition coefficient (Wildman–Crippen LogP) is 8.21. The standard InChI is InChI=1S/C30H40ClNO3.C2H6/c1-29-14-4-3-6-19(29)16-25(33)27-22-11-9-18(30(22,2)15-13-23(27)29)7-5-8-26-32-24-12-10-20(31)17-21(24)28(34)35-26;1-2/h10,12,17-19,22-23,25,27,33H,3-9,11,13-16H2,1-2H3;1-2H3. The van der Waals surface area contributed by atoms with Crippen LogP contribution in [0.1, 0.15) is 104 Å². The summed E-state index contributed by atoms with van der Waals surface area (Å²) in [6.07, 6.45) is 14.3. The number of rotatable bonds is 4. The number of benzene rings is 1. The Morgan fingerprint density at radius 1 is 1.05 bits per heavy atom. The molecule has 0 amide bonds. The van der Waals surface area contributed by atoms with Crippen molar-refractivity contribution in [2.24, 2.45) is 40.4 Å². The molecule has 4 fully saturated rings. The van der Waals surface area contributed by atoms with Gasteiger partial charge in [0.1, 0.15) is 0 Å². The number of aryl methyl sites for hydroxylation is 1. The van der Waals surface area contributed by atoms with Crippen molar-refractivity contribution in [2.45, 2.75) is 111 Å². The lowest BCUT2D eigenvalue weighted by atomic mass is 9.44. The zero-order valence-electron chi connectivity index (χ0n) is 23.3. The molecule has 4 aliphatic rings. The molecule has 4 nitrogen and oxygen atoms in total. The molecule has 1 heterocycles. The lowest BCUT2D eigenvalue weighted by Gasteiger charge is -2.62. The maximum absolute atomic E-state index is 12.4. The molecule has 4 aliphatic carbocycles. The van der Waals surface area contributed by atoms with Gasteiger partial charge in [0, 0.05) is 11.4 Å². The summed E-state index contributed by atoms with van der Waals surface area (Å²) in [6, 6.07) is 5.20. The lowest BCUT2D eigenvalue weighted by molar-refractivity contribution is -0.162. The summed E-state index contributed by atoms with van der Waals surface area (Å²) in [6.45, 7) is 9.11. The second-order valence-corrected chi connectivity index (χ2v) is 13.2. The van der Waals surface area contributed by atoms with Gasteiger partial charge in [0.15, 0.2) is 5.89 Å². The van der Waals surface area contributed by atoms with Crippen LogP contribution in [-0.2, 0) is 6.42 Å². The summed E-state index contributed by atoms with van der Waals surface area (Å²) < 4.78 is 5.53. The van der Waals surface area contributed by atoms with E-state index in [1.165, 1.54) is 51.4 Å². The quantitative estimate of drug-likeness (QED) is 0.435. The van der Waals surface area contributed by atoms with Gasteiger partial charge in [0.2, 0.25) is 0 Å². The maximum atomic E-state index is 12.4. The molecule has 8 atom stereocenters. The first-order chi connectivity index (χ1) is 17.8. The Labute approximate surface area is 227 Å². The highest BCUT2D eigenvalue weighted by molar-refractivity contribution is 6.31. The summed E-state index contributed by atoms with van der Waals surface area (Å²) >= 11 is 6.02. The van der Waals surface area contributed by atoms with Crippen LogP contribution in [0.4, 0.5) is 0 Å². The van der Waals surface area contributed by atoms with Gasteiger partial charge >= 0.3 is 5.63 Å². The number of aliphatic hydroxyl groups excluding tert-OH is 1. The second kappa shape index (κ2) is 10.6. The lowest BCUT2D eigenvalue weighted by Crippen LogP contribution is -2.57. The number of aromatic nitrogens is 1. The molecule has 6 rings (SSSR count). The van der Waals surface area contributed by atoms with E-state index in [2.05, 4.69) is 18.8 Å². The van der Waals surface area contributed by atoms with E-state index in [0.29, 0.717) is 62.7 Å². The number of hydrogen-bond acceptors (Lipinski definition) is 4. The molecule has 0 saturated heterocycles. The van der Waals surface area contributed by atoms with E-state index in [0.717, 1.165) is 25.2 Å². The first kappa shape index (κ1) is 27.2. The van der Waals surface area contributed by atoms with Gasteiger partial charge in [-0.2, -0.15) is 0 Å². The third kappa shape index (κ3) is 4.69. The van der Waals surface area contributed by atoms with Crippen LogP contribution in [0.25, 0.3) is 10.9 Å². The number of fused-ring (bicyclic) bond motifs is 6. The molecule has 0 aliphatic heterocycles. The van der Waals surface area contributed by atoms with E-state index in [4.69, 9.17) is 16.0 Å². The Bertz CT molecular complexity index is 1160. The molecule has 5 heteroatoms. The van der Waals surface area contributed by atoms with Crippen LogP contribution in [0.15, 0.2) is 27.4 Å². The first-order valence-electron chi connectivity index (χ1n) is 15.1. The summed E-state index contributed by atoms with van der Waals surface area (Å²) in [5.41, 5.74) is 1.09. The van der Waals surface area contributed by atoms with Crippen LogP contribution < -0.4 is 5.63 Å². The van der Waals surface area contributed by atoms with Crippen LogP contribution in [0.5, 0.6) is 0 Å². The van der Waals surface area contributed by atoms with E-state index < -0.39 is 0 Å². The normalized spacial score (nSPS) is 38.8. The highest BCUT2D eigenvalue weighted by Gasteiger charge is 2.61. The third-order valence-electron chi connectivity index (χ3n) is 11.4. The van der Waals surface area contributed by atoms with Gasteiger partial charge in [-0.25, -0.2) is 9.78 Å². The molecule has 2 aromatic rings. The van der Waals surface area contributed by atoms with Crippen molar-refractivity contribution in [1.82, 2.24) is 4.98 Å². The maximum Gasteiger partial charge on any atom is 0.346 e. The highest BCUT2D eigenvalue weighted by Crippen LogP contribution is 2.67. The van der Waals surface area contributed by atoms with Crippen LogP contribution in [0.2, 0.25) is 5.02 Å². The Hall–Kier alpha value is -1.39. The Morgan fingerprint density at radius 3 is 2.65 bits per heavy atom. The molecule has 4 saturated carbocycles. The molecule has 204 valence electrons. The second-order valence-electron chi connectivity index (χ2n) is 12.8. The minimum atomic E-state index is -0.348. The molecule has 1 aromatic heterocycles. The van der Waals surface area contributed by atoms with Crippen molar-refractivity contribution >= 4 is 22.5 Å². The van der Waals surface area contributed by atoms with Crippen LogP contribution in [0, 0.1) is 40.4 Å². The fourth-order valence-corrected chi connectivity index (χ4v) is 9.71. The molecular weight excluding hydrogens is 482 g/mol. The monoisotopic (exact) mass is 527 g/mol. The van der Waals surface area contributed by atoms with Gasteiger partial charge in [0.05, 0.1) is 17.0 Å². The fourth-order valence-electron chi connectivity index (χ4n) is 9.53. The van der Waals surface area contributed by atoms with Crippen LogP contribution in [0.3, 0.4) is 0 Å². The smallest absolute Gasteiger partial charge is 0.346 e. The van der Waals surface area contributed by atoms with Gasteiger partial charge in [-0.15, -0.1) is 0 Å². The number of halogens is 1. The third-order valence-corrected chi connectivity index (χ3v) is 11.6. The van der Waals surface area contributed by atoms with Crippen molar-refractivity contribution < 1.29 is 9.52 Å². The zero-order chi connectivity index (χ0) is 26.4. The molecule has 1 aromatic carbocycles. The minimum absolute atomic E-state index is 0.107. The van der Waals surface area contributed by atoms with Crippen molar-refractivity contribution in [3.63, 3.8) is 0 Å². The van der Waals surface area contributed by atoms with Gasteiger partial charge in [0.25, 0.3) is 0 Å². The van der Waals surface area contributed by atoms with E-state index in [-0.39, 0.29) is 11.7 Å². The van der Waals surface area contributed by atoms with Crippen molar-refractivity contribution in [3.05, 3.63) is 39.5 Å². The fraction of sp³-hybridized carbons (Fsp3) is 0.750. The topological polar surface area (TPSA) is 63.3 Å². The van der Waals surface area contributed by atoms with Gasteiger partial charge in [-0.3, -0.25) is 0 Å². The highest BCUT2D eigenvalue weighted by atomic mass is 35.5. The van der Waals surface area contributed by atoms with Gasteiger partial charge in [-0.05, 0) is 116 Å². The number of nitrogens with zero attached hydrogens (tertiary/aromatic N) is 1. The molecule has 0 radical (unpaired) electrons. The van der Waals surface area contributed by atoms with Crippen molar-refractivity contribution in [2.75, 3.05) is 0 Å². The molecule has 0 bridgehead atoms. The average molecular weight is 528 g/mol. The molecule has 37 heavy (non-hydrogen) atoms. The van der Waals surface area contributed by atoms with Crippen LogP contribution in [-0.4, -0.2) is 16.2 Å². The Morgan fingerprint density at radius 2 is 1.84 bits per heavy atom. The summed E-state index contributed by atoms with van der Waals surface area (Å²) in [4.78, 5) is 17.0. The van der Waals surface area contributed by atoms with E-state index in [1.54, 1.807) is 18.2 Å². The first-order valence-corrected chi connectivity index (χ1v) is 15.4. The van der Waals surface area contributed by atoms with Gasteiger partial charge in [-0.1, -0.05) is 52.1 Å². The van der Waals surface area contributed by atoms with E-state index >= 15 is 0 Å². The zero-order valence-corrected chi connectivity index (χ0v) is 24.0. The van der Waals surface area contributed by atoms with E-state index in [1.807, 2.05) is 13.8 Å². The van der Waals surface area contributed by atoms with Crippen LogP contribution >= 0.6 is 11.6 Å². The summed E-state index contributed by atoms with van der Waals surface area (Å²) in [7, 11) is 0. The van der Waals surface area contributed by atoms with E-state index in [9.17, 15) is 9.90 Å². The summed E-state index contributed by atoms with van der Waals surface area (Å²) in [5, 5.41) is 12.4. The molecule has 0 spiro atoms. The Balaban J connectivity index is 0.00000137. The molecular formula is C32H46ClNO3. The van der Waals surface area contributed by atoms with Gasteiger partial charge < -0.3 is 9.52 Å². The minimum Gasteiger partial charge on any atom is -0.408 e. The average Bonchev–Trinajstić information content (AvgIpc) is 3.22. The SMILES string of the molecule is CC.CC12CCC3C(C(O)CC4CCCCC43C)C1CCC2CCCc1nc2ccc(Cl)cc2c(=O)o1. The number of hydrogen-bond donors (Lipinski definition) is 1. The summed E-state index contributed by atoms with van der Waals surface area (Å²) in [5.74, 6) is 3.80. The largest absolute Gasteiger partial charge is 0.408 e. The Kier molecular flexibility index (Phi) is 7.82. The molecule has 8 unspecified atom stereocenters. The van der Waals surface area contributed by atoms with Crippen molar-refractivity contribution in [3.8, 4) is 0 Å². The molecule has 1 N–H and O–H groups in total. The predicted molar refractivity (Wildman–Crippen MR) is 151 cm³/mol. The van der Waals surface area contributed by atoms with Crippen molar-refractivity contribution in [1.29, 1.82) is 0 Å².